The molecule has 0 amide bonds. The maximum absolute atomic E-state index is 12.2. The predicted molar refractivity (Wildman–Crippen MR) is 91.6 cm³/mol. The molecule has 2 aromatic carbocycles. The van der Waals surface area contributed by atoms with Gasteiger partial charge in [0.05, 0.1) is 12.7 Å². The number of ether oxygens (including phenoxy) is 1. The molecule has 23 heavy (non-hydrogen) atoms. The minimum Gasteiger partial charge on any atom is -0.497 e. The van der Waals surface area contributed by atoms with Crippen LogP contribution in [0.1, 0.15) is 16.7 Å². The Hall–Kier alpha value is -2.59. The number of aromatic nitrogens is 1. The van der Waals surface area contributed by atoms with Gasteiger partial charge in [-0.15, -0.1) is 0 Å². The van der Waals surface area contributed by atoms with Crippen LogP contribution in [0, 0.1) is 6.92 Å². The summed E-state index contributed by atoms with van der Waals surface area (Å²) < 4.78 is 5.15. The predicted octanol–water partition coefficient (Wildman–Crippen LogP) is 2.11. The van der Waals surface area contributed by atoms with Crippen molar-refractivity contribution >= 4 is 10.9 Å². The molecule has 4 heteroatoms. The molecule has 0 fully saturated rings. The second kappa shape index (κ2) is 6.67. The van der Waals surface area contributed by atoms with Gasteiger partial charge in [0.2, 0.25) is 0 Å². The van der Waals surface area contributed by atoms with E-state index in [2.05, 4.69) is 16.4 Å². The Morgan fingerprint density at radius 2 is 1.83 bits per heavy atom. The number of benzene rings is 2. The largest absolute Gasteiger partial charge is 0.497 e. The minimum atomic E-state index is -0.00548. The second-order valence-electron chi connectivity index (χ2n) is 5.76. The smallest absolute Gasteiger partial charge is 0.257 e. The highest BCUT2D eigenvalue weighted by Crippen LogP contribution is 2.13. The minimum absolute atomic E-state index is 0.00548. The average Bonchev–Trinajstić information content (AvgIpc) is 2.56. The van der Waals surface area contributed by atoms with Crippen LogP contribution in [0.5, 0.6) is 5.75 Å². The zero-order valence-electron chi connectivity index (χ0n) is 13.4. The van der Waals surface area contributed by atoms with E-state index in [1.54, 1.807) is 7.11 Å². The maximum Gasteiger partial charge on any atom is 0.257 e. The lowest BCUT2D eigenvalue weighted by atomic mass is 10.1. The van der Waals surface area contributed by atoms with Crippen LogP contribution in [0.4, 0.5) is 0 Å². The molecule has 0 atom stereocenters. The van der Waals surface area contributed by atoms with Crippen LogP contribution in [0.25, 0.3) is 10.9 Å². The molecule has 0 saturated heterocycles. The van der Waals surface area contributed by atoms with E-state index in [4.69, 9.17) is 4.74 Å². The molecule has 1 aromatic heterocycles. The summed E-state index contributed by atoms with van der Waals surface area (Å²) in [6, 6.07) is 16.1. The lowest BCUT2D eigenvalue weighted by Gasteiger charge is -2.05. The van der Waals surface area contributed by atoms with Crippen molar-refractivity contribution in [1.82, 2.24) is 4.98 Å². The number of H-pyrrole nitrogens is 1. The van der Waals surface area contributed by atoms with Gasteiger partial charge in [0.1, 0.15) is 18.8 Å². The van der Waals surface area contributed by atoms with Gasteiger partial charge >= 0.3 is 0 Å². The normalized spacial score (nSPS) is 10.9. The Morgan fingerprint density at radius 1 is 1.04 bits per heavy atom. The summed E-state index contributed by atoms with van der Waals surface area (Å²) in [5, 5.41) is 3.20. The molecular weight excluding hydrogens is 288 g/mol. The zero-order chi connectivity index (χ0) is 16.2. The first kappa shape index (κ1) is 15.3. The van der Waals surface area contributed by atoms with Crippen molar-refractivity contribution in [2.45, 2.75) is 20.0 Å². The van der Waals surface area contributed by atoms with Crippen molar-refractivity contribution in [2.24, 2.45) is 0 Å². The lowest BCUT2D eigenvalue weighted by molar-refractivity contribution is -0.686. The van der Waals surface area contributed by atoms with Crippen LogP contribution >= 0.6 is 0 Å². The third kappa shape index (κ3) is 3.60. The standard InChI is InChI=1S/C19H20N2O2/c1-13-3-6-15-10-16(19(22)21-18(15)9-13)12-20-11-14-4-7-17(23-2)8-5-14/h3-10,20H,11-12H2,1-2H3,(H,21,22)/p+1. The molecule has 0 unspecified atom stereocenters. The van der Waals surface area contributed by atoms with Crippen LogP contribution in [0.3, 0.4) is 0 Å². The number of methoxy groups -OCH3 is 1. The summed E-state index contributed by atoms with van der Waals surface area (Å²) in [6.07, 6.45) is 0. The van der Waals surface area contributed by atoms with Crippen molar-refractivity contribution < 1.29 is 10.1 Å². The highest BCUT2D eigenvalue weighted by atomic mass is 16.5. The molecule has 3 aromatic rings. The summed E-state index contributed by atoms with van der Waals surface area (Å²) in [5.41, 5.74) is 4.04. The van der Waals surface area contributed by atoms with E-state index in [1.807, 2.05) is 49.4 Å². The topological polar surface area (TPSA) is 58.7 Å². The van der Waals surface area contributed by atoms with Crippen molar-refractivity contribution in [3.05, 3.63) is 75.6 Å². The maximum atomic E-state index is 12.2. The van der Waals surface area contributed by atoms with Crippen LogP contribution in [0.2, 0.25) is 0 Å². The molecule has 0 saturated carbocycles. The van der Waals surface area contributed by atoms with Gasteiger partial charge in [-0.2, -0.15) is 0 Å². The van der Waals surface area contributed by atoms with Crippen molar-refractivity contribution in [2.75, 3.05) is 7.11 Å². The Morgan fingerprint density at radius 3 is 2.57 bits per heavy atom. The Labute approximate surface area is 135 Å². The fourth-order valence-electron chi connectivity index (χ4n) is 2.67. The van der Waals surface area contributed by atoms with E-state index in [0.29, 0.717) is 6.54 Å². The van der Waals surface area contributed by atoms with Gasteiger partial charge < -0.3 is 15.0 Å². The first-order chi connectivity index (χ1) is 11.2. The Balaban J connectivity index is 1.70. The molecule has 118 valence electrons. The fourth-order valence-corrected chi connectivity index (χ4v) is 2.67. The number of quaternary nitrogens is 1. The van der Waals surface area contributed by atoms with E-state index in [0.717, 1.165) is 34.3 Å². The van der Waals surface area contributed by atoms with E-state index < -0.39 is 0 Å². The molecule has 0 aliphatic heterocycles. The van der Waals surface area contributed by atoms with Gasteiger partial charge in [-0.05, 0) is 54.3 Å². The highest BCUT2D eigenvalue weighted by Gasteiger charge is 2.05. The molecule has 1 heterocycles. The number of hydrogen-bond donors (Lipinski definition) is 2. The second-order valence-corrected chi connectivity index (χ2v) is 5.76. The van der Waals surface area contributed by atoms with Gasteiger partial charge in [0.25, 0.3) is 5.56 Å². The van der Waals surface area contributed by atoms with Crippen LogP contribution in [0.15, 0.2) is 53.3 Å². The Kier molecular flexibility index (Phi) is 4.44. The first-order valence-electron chi connectivity index (χ1n) is 7.73. The summed E-state index contributed by atoms with van der Waals surface area (Å²) >= 11 is 0. The molecule has 3 rings (SSSR count). The summed E-state index contributed by atoms with van der Waals surface area (Å²) in [4.78, 5) is 15.1. The number of pyridine rings is 1. The van der Waals surface area contributed by atoms with Crippen molar-refractivity contribution in [3.63, 3.8) is 0 Å². The summed E-state index contributed by atoms with van der Waals surface area (Å²) in [5.74, 6) is 0.856. The monoisotopic (exact) mass is 309 g/mol. The SMILES string of the molecule is COc1ccc(C[NH2+]Cc2cc3ccc(C)cc3[nH]c2=O)cc1. The zero-order valence-corrected chi connectivity index (χ0v) is 13.4. The van der Waals surface area contributed by atoms with Crippen LogP contribution < -0.4 is 15.6 Å². The molecule has 0 bridgehead atoms. The molecule has 4 nitrogen and oxygen atoms in total. The van der Waals surface area contributed by atoms with Gasteiger partial charge in [-0.3, -0.25) is 4.79 Å². The van der Waals surface area contributed by atoms with Gasteiger partial charge in [-0.1, -0.05) is 12.1 Å². The molecule has 0 aliphatic rings. The van der Waals surface area contributed by atoms with E-state index in [-0.39, 0.29) is 5.56 Å². The number of aromatic amines is 1. The third-order valence-electron chi connectivity index (χ3n) is 3.98. The van der Waals surface area contributed by atoms with Gasteiger partial charge in [-0.25, -0.2) is 0 Å². The molecule has 0 spiro atoms. The summed E-state index contributed by atoms with van der Waals surface area (Å²) in [6.45, 7) is 3.51. The quantitative estimate of drug-likeness (QED) is 0.758. The number of rotatable bonds is 5. The Bertz CT molecular complexity index is 867. The first-order valence-corrected chi connectivity index (χ1v) is 7.73. The van der Waals surface area contributed by atoms with Gasteiger partial charge in [0, 0.05) is 11.1 Å². The van der Waals surface area contributed by atoms with E-state index in [9.17, 15) is 4.79 Å². The third-order valence-corrected chi connectivity index (χ3v) is 3.98. The van der Waals surface area contributed by atoms with E-state index in [1.165, 1.54) is 5.56 Å². The molecule has 0 radical (unpaired) electrons. The average molecular weight is 309 g/mol. The lowest BCUT2D eigenvalue weighted by Crippen LogP contribution is -2.81. The van der Waals surface area contributed by atoms with Crippen molar-refractivity contribution in [3.8, 4) is 5.75 Å². The van der Waals surface area contributed by atoms with Crippen molar-refractivity contribution in [1.29, 1.82) is 0 Å². The van der Waals surface area contributed by atoms with Gasteiger partial charge in [0.15, 0.2) is 0 Å². The number of nitrogens with two attached hydrogens (primary N) is 1. The number of nitrogens with one attached hydrogen (secondary N) is 1. The fraction of sp³-hybridized carbons (Fsp3) is 0.211. The number of hydrogen-bond acceptors (Lipinski definition) is 2. The molecule has 3 N–H and O–H groups in total. The van der Waals surface area contributed by atoms with Crippen LogP contribution in [-0.4, -0.2) is 12.1 Å². The number of fused-ring (bicyclic) bond motifs is 1. The summed E-state index contributed by atoms with van der Waals surface area (Å²) in [7, 11) is 1.66. The molecule has 0 aliphatic carbocycles. The molecular formula is C19H21N2O2+. The van der Waals surface area contributed by atoms with Crippen LogP contribution in [-0.2, 0) is 13.1 Å². The van der Waals surface area contributed by atoms with E-state index >= 15 is 0 Å². The highest BCUT2D eigenvalue weighted by molar-refractivity contribution is 5.79. The number of aryl methyl sites for hydroxylation is 1.